The molecule has 3 heterocycles. The molecular formula is C33H35FN8O4S. The maximum atomic E-state index is 14.6. The highest BCUT2D eigenvalue weighted by Crippen LogP contribution is 2.39. The predicted octanol–water partition coefficient (Wildman–Crippen LogP) is 4.37. The second kappa shape index (κ2) is 11.7. The van der Waals surface area contributed by atoms with Gasteiger partial charge in [-0.05, 0) is 63.5 Å². The zero-order valence-corrected chi connectivity index (χ0v) is 27.5. The average molecular weight is 659 g/mol. The summed E-state index contributed by atoms with van der Waals surface area (Å²) in [5.41, 5.74) is 8.16. The van der Waals surface area contributed by atoms with Crippen LogP contribution in [0.2, 0.25) is 0 Å². The van der Waals surface area contributed by atoms with Crippen LogP contribution in [0.25, 0.3) is 33.2 Å². The first-order valence-electron chi connectivity index (χ1n) is 14.9. The van der Waals surface area contributed by atoms with Gasteiger partial charge in [0, 0.05) is 61.4 Å². The van der Waals surface area contributed by atoms with Gasteiger partial charge in [0.25, 0.3) is 15.7 Å². The molecule has 6 rings (SSSR count). The SMILES string of the molecule is Cc1ccc(S(=O)(=O)n2ccc3c(-c4cn(C)c5ccc(F)cc45)nc(C4(N)C=CC(N(C)CCN(C)C)=C([N+](=O)[O-])C4)nc32)cc1. The van der Waals surface area contributed by atoms with Crippen LogP contribution in [-0.2, 0) is 22.6 Å². The van der Waals surface area contributed by atoms with Crippen molar-refractivity contribution in [1.29, 1.82) is 0 Å². The van der Waals surface area contributed by atoms with E-state index in [0.29, 0.717) is 40.8 Å². The molecule has 0 saturated carbocycles. The molecule has 12 nitrogen and oxygen atoms in total. The summed E-state index contributed by atoms with van der Waals surface area (Å²) in [7, 11) is 3.30. The van der Waals surface area contributed by atoms with Gasteiger partial charge in [-0.25, -0.2) is 26.7 Å². The van der Waals surface area contributed by atoms with E-state index in [1.54, 1.807) is 54.6 Å². The molecule has 1 atom stereocenters. The molecule has 0 amide bonds. The molecule has 1 aliphatic rings. The fourth-order valence-electron chi connectivity index (χ4n) is 5.86. The zero-order valence-electron chi connectivity index (χ0n) is 26.7. The molecule has 14 heteroatoms. The first-order valence-corrected chi connectivity index (χ1v) is 16.3. The molecule has 0 aliphatic heterocycles. The number of allylic oxidation sites excluding steroid dienone is 1. The second-order valence-corrected chi connectivity index (χ2v) is 14.1. The molecule has 244 valence electrons. The summed E-state index contributed by atoms with van der Waals surface area (Å²) in [4.78, 5) is 25.3. The Labute approximate surface area is 271 Å². The number of benzene rings is 2. The van der Waals surface area contributed by atoms with Gasteiger partial charge in [-0.3, -0.25) is 10.1 Å². The third kappa shape index (κ3) is 5.68. The Kier molecular flexibility index (Phi) is 7.98. The molecule has 0 saturated heterocycles. The lowest BCUT2D eigenvalue weighted by Crippen LogP contribution is -2.41. The number of aromatic nitrogens is 4. The maximum Gasteiger partial charge on any atom is 0.271 e. The standard InChI is InChI=1S/C33H35FN8O4S/c1-21-6-9-23(10-7-21)47(45,46)41-15-13-24-30(26-20-40(5)27-11-8-22(34)18-25(26)27)36-32(37-31(24)41)33(35)14-12-28(29(19-33)42(43)44)39(4)17-16-38(2)3/h6-15,18,20H,16-17,19,35H2,1-5H3. The third-order valence-corrected chi connectivity index (χ3v) is 10.2. The van der Waals surface area contributed by atoms with Crippen LogP contribution in [-0.4, -0.2) is 75.9 Å². The van der Waals surface area contributed by atoms with Crippen LogP contribution < -0.4 is 5.73 Å². The van der Waals surface area contributed by atoms with Crippen molar-refractivity contribution in [1.82, 2.24) is 28.3 Å². The van der Waals surface area contributed by atoms with Gasteiger partial charge in [0.1, 0.15) is 17.1 Å². The lowest BCUT2D eigenvalue weighted by atomic mass is 9.87. The van der Waals surface area contributed by atoms with Gasteiger partial charge in [0.05, 0.1) is 21.9 Å². The van der Waals surface area contributed by atoms with E-state index < -0.39 is 26.3 Å². The minimum atomic E-state index is -4.13. The highest BCUT2D eigenvalue weighted by atomic mass is 32.2. The summed E-state index contributed by atoms with van der Waals surface area (Å²) >= 11 is 0. The van der Waals surface area contributed by atoms with Crippen LogP contribution in [0.5, 0.6) is 0 Å². The van der Waals surface area contributed by atoms with Crippen molar-refractivity contribution in [3.63, 3.8) is 0 Å². The molecular weight excluding hydrogens is 623 g/mol. The van der Waals surface area contributed by atoms with Crippen molar-refractivity contribution in [3.8, 4) is 11.3 Å². The molecule has 2 aromatic carbocycles. The summed E-state index contributed by atoms with van der Waals surface area (Å²) in [5, 5.41) is 13.3. The smallest absolute Gasteiger partial charge is 0.271 e. The Balaban J connectivity index is 1.58. The van der Waals surface area contributed by atoms with E-state index in [-0.39, 0.29) is 28.5 Å². The van der Waals surface area contributed by atoms with E-state index >= 15 is 0 Å². The number of aryl methyl sites for hydroxylation is 2. The summed E-state index contributed by atoms with van der Waals surface area (Å²) in [5.74, 6) is -0.467. The van der Waals surface area contributed by atoms with Crippen molar-refractivity contribution in [3.05, 3.63) is 112 Å². The summed E-state index contributed by atoms with van der Waals surface area (Å²) in [6, 6.07) is 12.4. The molecule has 2 N–H and O–H groups in total. The number of hydrogen-bond acceptors (Lipinski definition) is 9. The molecule has 0 spiro atoms. The van der Waals surface area contributed by atoms with E-state index in [0.717, 1.165) is 15.1 Å². The minimum absolute atomic E-state index is 0.0157. The lowest BCUT2D eigenvalue weighted by molar-refractivity contribution is -0.431. The molecule has 5 aromatic rings. The number of likely N-dealkylation sites (N-methyl/N-ethyl adjacent to an activating group) is 2. The number of fused-ring (bicyclic) bond motifs is 2. The van der Waals surface area contributed by atoms with Crippen LogP contribution in [0.4, 0.5) is 4.39 Å². The van der Waals surface area contributed by atoms with Gasteiger partial charge in [-0.2, -0.15) is 0 Å². The van der Waals surface area contributed by atoms with Crippen molar-refractivity contribution < 1.29 is 17.7 Å². The van der Waals surface area contributed by atoms with E-state index in [4.69, 9.17) is 15.7 Å². The zero-order chi connectivity index (χ0) is 33.8. The van der Waals surface area contributed by atoms with Gasteiger partial charge in [0.15, 0.2) is 11.5 Å². The van der Waals surface area contributed by atoms with Crippen LogP contribution >= 0.6 is 0 Å². The Morgan fingerprint density at radius 3 is 2.47 bits per heavy atom. The molecule has 1 unspecified atom stereocenters. The number of nitrogens with zero attached hydrogens (tertiary/aromatic N) is 7. The summed E-state index contributed by atoms with van der Waals surface area (Å²) in [6.07, 6.45) is 6.14. The Morgan fingerprint density at radius 1 is 1.06 bits per heavy atom. The van der Waals surface area contributed by atoms with Crippen LogP contribution in [0.1, 0.15) is 17.8 Å². The topological polar surface area (TPSA) is 145 Å². The van der Waals surface area contributed by atoms with Crippen LogP contribution in [0.15, 0.2) is 89.4 Å². The molecule has 1 aliphatic carbocycles. The van der Waals surface area contributed by atoms with Gasteiger partial charge in [-0.15, -0.1) is 0 Å². The number of halogens is 1. The van der Waals surface area contributed by atoms with E-state index in [1.807, 2.05) is 37.5 Å². The maximum absolute atomic E-state index is 14.6. The fraction of sp³-hybridized carbons (Fsp3) is 0.273. The van der Waals surface area contributed by atoms with Gasteiger partial charge in [-0.1, -0.05) is 23.8 Å². The minimum Gasteiger partial charge on any atom is -0.368 e. The van der Waals surface area contributed by atoms with E-state index in [2.05, 4.69) is 0 Å². The van der Waals surface area contributed by atoms with Crippen molar-refractivity contribution in [2.45, 2.75) is 23.8 Å². The van der Waals surface area contributed by atoms with Gasteiger partial charge < -0.3 is 20.1 Å². The molecule has 0 fully saturated rings. The largest absolute Gasteiger partial charge is 0.368 e. The Hall–Kier alpha value is -4.92. The van der Waals surface area contributed by atoms with E-state index in [9.17, 15) is 22.9 Å². The summed E-state index contributed by atoms with van der Waals surface area (Å²) in [6.45, 7) is 3.07. The van der Waals surface area contributed by atoms with E-state index in [1.165, 1.54) is 30.5 Å². The first-order chi connectivity index (χ1) is 22.2. The summed E-state index contributed by atoms with van der Waals surface area (Å²) < 4.78 is 45.4. The predicted molar refractivity (Wildman–Crippen MR) is 178 cm³/mol. The number of nitrogens with two attached hydrogens (primary N) is 1. The first kappa shape index (κ1) is 32.0. The third-order valence-electron chi connectivity index (χ3n) is 8.52. The van der Waals surface area contributed by atoms with Crippen molar-refractivity contribution in [2.24, 2.45) is 12.8 Å². The number of nitro groups is 1. The van der Waals surface area contributed by atoms with Crippen molar-refractivity contribution >= 4 is 32.0 Å². The number of hydrogen-bond donors (Lipinski definition) is 1. The highest BCUT2D eigenvalue weighted by molar-refractivity contribution is 7.90. The molecule has 0 bridgehead atoms. The monoisotopic (exact) mass is 658 g/mol. The average Bonchev–Trinajstić information content (AvgIpc) is 3.61. The number of rotatable bonds is 9. The highest BCUT2D eigenvalue weighted by Gasteiger charge is 2.40. The molecule has 3 aromatic heterocycles. The van der Waals surface area contributed by atoms with Crippen LogP contribution in [0, 0.1) is 22.9 Å². The van der Waals surface area contributed by atoms with Gasteiger partial charge >= 0.3 is 0 Å². The molecule has 47 heavy (non-hydrogen) atoms. The van der Waals surface area contributed by atoms with Crippen molar-refractivity contribution in [2.75, 3.05) is 34.2 Å². The van der Waals surface area contributed by atoms with Gasteiger partial charge in [0.2, 0.25) is 0 Å². The molecule has 0 radical (unpaired) electrons. The quantitative estimate of drug-likeness (QED) is 0.180. The lowest BCUT2D eigenvalue weighted by Gasteiger charge is -2.30. The Morgan fingerprint density at radius 2 is 1.79 bits per heavy atom. The fourth-order valence-corrected chi connectivity index (χ4v) is 7.15. The second-order valence-electron chi connectivity index (χ2n) is 12.2. The Bertz CT molecular complexity index is 2220. The van der Waals surface area contributed by atoms with Crippen LogP contribution in [0.3, 0.4) is 0 Å². The normalized spacial score (nSPS) is 16.9.